The number of nitrogens with zero attached hydrogens (tertiary/aromatic N) is 3. The molecule has 136 valence electrons. The first-order valence-electron chi connectivity index (χ1n) is 9.09. The van der Waals surface area contributed by atoms with Crippen molar-refractivity contribution in [1.29, 1.82) is 0 Å². The minimum Gasteiger partial charge on any atom is -0.372 e. The summed E-state index contributed by atoms with van der Waals surface area (Å²) in [5, 5.41) is 0. The first-order valence-corrected chi connectivity index (χ1v) is 9.09. The van der Waals surface area contributed by atoms with Crippen molar-refractivity contribution < 1.29 is 14.3 Å². The molecule has 2 aromatic rings. The highest BCUT2D eigenvalue weighted by molar-refractivity contribution is 5.92. The van der Waals surface area contributed by atoms with Crippen LogP contribution in [0, 0.1) is 0 Å². The van der Waals surface area contributed by atoms with E-state index in [1.54, 1.807) is 18.5 Å². The van der Waals surface area contributed by atoms with Crippen molar-refractivity contribution >= 4 is 5.91 Å². The number of ether oxygens (including phenoxy) is 2. The fourth-order valence-electron chi connectivity index (χ4n) is 3.72. The second-order valence-electron chi connectivity index (χ2n) is 7.00. The highest BCUT2D eigenvalue weighted by atomic mass is 16.6. The summed E-state index contributed by atoms with van der Waals surface area (Å²) < 4.78 is 12.1. The Morgan fingerprint density at radius 2 is 2.12 bits per heavy atom. The number of rotatable bonds is 4. The predicted octanol–water partition coefficient (Wildman–Crippen LogP) is 2.46. The number of hydrogen-bond donors (Lipinski definition) is 0. The molecule has 0 N–H and O–H groups in total. The van der Waals surface area contributed by atoms with Crippen molar-refractivity contribution in [1.82, 2.24) is 14.9 Å². The first kappa shape index (κ1) is 17.1. The van der Waals surface area contributed by atoms with Gasteiger partial charge in [0.1, 0.15) is 5.69 Å². The second-order valence-corrected chi connectivity index (χ2v) is 7.00. The quantitative estimate of drug-likeness (QED) is 0.845. The van der Waals surface area contributed by atoms with Crippen LogP contribution in [0.4, 0.5) is 0 Å². The lowest BCUT2D eigenvalue weighted by molar-refractivity contribution is -0.0413. The zero-order valence-electron chi connectivity index (χ0n) is 14.7. The lowest BCUT2D eigenvalue weighted by Crippen LogP contribution is -2.46. The summed E-state index contributed by atoms with van der Waals surface area (Å²) in [6, 6.07) is 9.36. The molecule has 6 heteroatoms. The van der Waals surface area contributed by atoms with E-state index in [4.69, 9.17) is 9.47 Å². The van der Waals surface area contributed by atoms with Gasteiger partial charge in [-0.05, 0) is 36.6 Å². The van der Waals surface area contributed by atoms with Crippen molar-refractivity contribution in [3.05, 3.63) is 60.2 Å². The zero-order valence-corrected chi connectivity index (χ0v) is 14.7. The maximum atomic E-state index is 12.5. The molecule has 0 unspecified atom stereocenters. The van der Waals surface area contributed by atoms with Gasteiger partial charge < -0.3 is 14.4 Å². The smallest absolute Gasteiger partial charge is 0.272 e. The van der Waals surface area contributed by atoms with Crippen LogP contribution >= 0.6 is 0 Å². The molecule has 2 aromatic heterocycles. The van der Waals surface area contributed by atoms with E-state index in [0.717, 1.165) is 24.8 Å². The standard InChI is InChI=1S/C20H23N3O3/c24-19(18-5-1-2-9-22-18)23-10-6-20(7-11-23)12-17(15-26-20)25-14-16-4-3-8-21-13-16/h1-5,8-9,13,17H,6-7,10-12,14-15H2/t17-/m1/s1. The second kappa shape index (κ2) is 7.51. The van der Waals surface area contributed by atoms with E-state index >= 15 is 0 Å². The van der Waals surface area contributed by atoms with Gasteiger partial charge in [0.2, 0.25) is 0 Å². The van der Waals surface area contributed by atoms with Crippen molar-refractivity contribution in [2.75, 3.05) is 19.7 Å². The molecular formula is C20H23N3O3. The Kier molecular flexibility index (Phi) is 4.95. The van der Waals surface area contributed by atoms with Crippen LogP contribution in [0.15, 0.2) is 48.9 Å². The van der Waals surface area contributed by atoms with Gasteiger partial charge in [0.15, 0.2) is 0 Å². The van der Waals surface area contributed by atoms with Crippen LogP contribution in [0.5, 0.6) is 0 Å². The third-order valence-corrected chi connectivity index (χ3v) is 5.23. The first-order chi connectivity index (χ1) is 12.7. The maximum Gasteiger partial charge on any atom is 0.272 e. The number of amides is 1. The number of carbonyl (C=O) groups excluding carboxylic acids is 1. The normalized spacial score (nSPS) is 21.8. The molecule has 2 aliphatic rings. The average molecular weight is 353 g/mol. The topological polar surface area (TPSA) is 64.6 Å². The minimum atomic E-state index is -0.152. The highest BCUT2D eigenvalue weighted by Gasteiger charge is 2.44. The van der Waals surface area contributed by atoms with Gasteiger partial charge in [-0.25, -0.2) is 0 Å². The van der Waals surface area contributed by atoms with Crippen LogP contribution in [0.2, 0.25) is 0 Å². The number of hydrogen-bond acceptors (Lipinski definition) is 5. The van der Waals surface area contributed by atoms with E-state index in [9.17, 15) is 4.79 Å². The monoisotopic (exact) mass is 353 g/mol. The summed E-state index contributed by atoms with van der Waals surface area (Å²) in [7, 11) is 0. The Bertz CT molecular complexity index is 730. The molecule has 0 bridgehead atoms. The summed E-state index contributed by atoms with van der Waals surface area (Å²) in [5.41, 5.74) is 1.43. The van der Waals surface area contributed by atoms with Crippen molar-refractivity contribution in [3.63, 3.8) is 0 Å². The van der Waals surface area contributed by atoms with Gasteiger partial charge in [0.25, 0.3) is 5.91 Å². The van der Waals surface area contributed by atoms with Crippen LogP contribution in [0.3, 0.4) is 0 Å². The largest absolute Gasteiger partial charge is 0.372 e. The fourth-order valence-corrected chi connectivity index (χ4v) is 3.72. The van der Waals surface area contributed by atoms with E-state index in [0.29, 0.717) is 32.0 Å². The van der Waals surface area contributed by atoms with Crippen LogP contribution in [-0.2, 0) is 16.1 Å². The zero-order chi connectivity index (χ0) is 17.8. The number of aromatic nitrogens is 2. The van der Waals surface area contributed by atoms with E-state index in [2.05, 4.69) is 9.97 Å². The Morgan fingerprint density at radius 1 is 1.23 bits per heavy atom. The Labute approximate surface area is 153 Å². The van der Waals surface area contributed by atoms with E-state index in [1.807, 2.05) is 35.4 Å². The molecular weight excluding hydrogens is 330 g/mol. The summed E-state index contributed by atoms with van der Waals surface area (Å²) >= 11 is 0. The lowest BCUT2D eigenvalue weighted by atomic mass is 9.88. The van der Waals surface area contributed by atoms with Crippen molar-refractivity contribution in [2.45, 2.75) is 37.6 Å². The Morgan fingerprint density at radius 3 is 2.85 bits per heavy atom. The number of pyridine rings is 2. The fraction of sp³-hybridized carbons (Fsp3) is 0.450. The van der Waals surface area contributed by atoms with Gasteiger partial charge in [-0.15, -0.1) is 0 Å². The number of piperidine rings is 1. The number of carbonyl (C=O) groups is 1. The molecule has 2 saturated heterocycles. The summed E-state index contributed by atoms with van der Waals surface area (Å²) in [6.07, 6.45) is 7.93. The molecule has 1 amide bonds. The van der Waals surface area contributed by atoms with E-state index < -0.39 is 0 Å². The predicted molar refractivity (Wildman–Crippen MR) is 95.5 cm³/mol. The SMILES string of the molecule is O=C(c1ccccn1)N1CCC2(CC1)C[C@@H](OCc1cccnc1)CO2. The average Bonchev–Trinajstić information content (AvgIpc) is 3.10. The molecule has 0 aromatic carbocycles. The van der Waals surface area contributed by atoms with Gasteiger partial charge in [0.05, 0.1) is 24.9 Å². The molecule has 0 saturated carbocycles. The maximum absolute atomic E-state index is 12.5. The summed E-state index contributed by atoms with van der Waals surface area (Å²) in [4.78, 5) is 22.7. The molecule has 2 fully saturated rings. The molecule has 6 nitrogen and oxygen atoms in total. The van der Waals surface area contributed by atoms with E-state index in [1.165, 1.54) is 0 Å². The molecule has 4 rings (SSSR count). The van der Waals surface area contributed by atoms with Gasteiger partial charge in [-0.1, -0.05) is 12.1 Å². The summed E-state index contributed by atoms with van der Waals surface area (Å²) in [6.45, 7) is 2.58. The molecule has 2 aliphatic heterocycles. The van der Waals surface area contributed by atoms with Gasteiger partial charge >= 0.3 is 0 Å². The van der Waals surface area contributed by atoms with Crippen molar-refractivity contribution in [2.24, 2.45) is 0 Å². The van der Waals surface area contributed by atoms with Gasteiger partial charge in [0, 0.05) is 38.1 Å². The highest BCUT2D eigenvalue weighted by Crippen LogP contribution is 2.37. The van der Waals surface area contributed by atoms with Crippen molar-refractivity contribution in [3.8, 4) is 0 Å². The van der Waals surface area contributed by atoms with E-state index in [-0.39, 0.29) is 17.6 Å². The molecule has 1 atom stereocenters. The summed E-state index contributed by atoms with van der Waals surface area (Å²) in [5.74, 6) is 0.00262. The lowest BCUT2D eigenvalue weighted by Gasteiger charge is -2.38. The molecule has 0 radical (unpaired) electrons. The van der Waals surface area contributed by atoms with Gasteiger partial charge in [-0.3, -0.25) is 14.8 Å². The molecule has 1 spiro atoms. The molecule has 0 aliphatic carbocycles. The third-order valence-electron chi connectivity index (χ3n) is 5.23. The molecule has 4 heterocycles. The van der Waals surface area contributed by atoms with Crippen LogP contribution in [0.1, 0.15) is 35.3 Å². The minimum absolute atomic E-state index is 0.00262. The van der Waals surface area contributed by atoms with Crippen LogP contribution in [-0.4, -0.2) is 52.2 Å². The van der Waals surface area contributed by atoms with Crippen LogP contribution < -0.4 is 0 Å². The Balaban J connectivity index is 1.28. The third kappa shape index (κ3) is 3.76. The van der Waals surface area contributed by atoms with Crippen LogP contribution in [0.25, 0.3) is 0 Å². The molecule has 26 heavy (non-hydrogen) atoms. The van der Waals surface area contributed by atoms with Gasteiger partial charge in [-0.2, -0.15) is 0 Å². The number of likely N-dealkylation sites (tertiary alicyclic amines) is 1. The Hall–Kier alpha value is -2.31.